The van der Waals surface area contributed by atoms with Crippen molar-refractivity contribution in [1.82, 2.24) is 9.80 Å². The molecule has 1 atom stereocenters. The number of anilines is 2. The Hall–Kier alpha value is -3.55. The standard InChI is InChI=1S/C38H53N3O4/c1-9-12-13-30(20-27(4)10-2)31-14-15-34(29(6)21-31)41(24-28(5)11-3)32-22-35(43-7)37(36(23-32)44-8)38(42)40-25-33(26-40)39-16-18-45-19-17-39/h12-15,20-24,27,33H,9-11,16-19,25-26H2,1-8H3/b13-12+,28-24-,30-20+. The van der Waals surface area contributed by atoms with Crippen LogP contribution < -0.4 is 14.4 Å². The minimum Gasteiger partial charge on any atom is -0.496 e. The van der Waals surface area contributed by atoms with Gasteiger partial charge in [0.05, 0.1) is 33.1 Å². The Balaban J connectivity index is 1.70. The number of aryl methyl sites for hydroxylation is 1. The molecule has 2 heterocycles. The van der Waals surface area contributed by atoms with E-state index in [0.717, 1.165) is 62.5 Å². The highest BCUT2D eigenvalue weighted by molar-refractivity contribution is 6.01. The number of carbonyl (C=O) groups excluding carboxylic acids is 1. The molecular formula is C38H53N3O4. The van der Waals surface area contributed by atoms with Crippen molar-refractivity contribution in [2.24, 2.45) is 5.92 Å². The van der Waals surface area contributed by atoms with E-state index < -0.39 is 0 Å². The predicted molar refractivity (Wildman–Crippen MR) is 186 cm³/mol. The molecule has 4 rings (SSSR count). The summed E-state index contributed by atoms with van der Waals surface area (Å²) in [4.78, 5) is 20.3. The minimum absolute atomic E-state index is 0.0621. The summed E-state index contributed by atoms with van der Waals surface area (Å²) in [5.41, 5.74) is 7.25. The molecule has 2 aliphatic rings. The van der Waals surface area contributed by atoms with Gasteiger partial charge in [-0.3, -0.25) is 9.69 Å². The van der Waals surface area contributed by atoms with Crippen LogP contribution in [0.2, 0.25) is 0 Å². The fourth-order valence-corrected chi connectivity index (χ4v) is 5.82. The second kappa shape index (κ2) is 16.1. The third-order valence-corrected chi connectivity index (χ3v) is 9.03. The van der Waals surface area contributed by atoms with Gasteiger partial charge >= 0.3 is 0 Å². The summed E-state index contributed by atoms with van der Waals surface area (Å²) in [5, 5.41) is 0. The number of benzene rings is 2. The molecule has 7 heteroatoms. The lowest BCUT2D eigenvalue weighted by Crippen LogP contribution is -2.62. The Morgan fingerprint density at radius 3 is 2.29 bits per heavy atom. The van der Waals surface area contributed by atoms with E-state index in [9.17, 15) is 4.79 Å². The van der Waals surface area contributed by atoms with Gasteiger partial charge < -0.3 is 24.0 Å². The Kier molecular flexibility index (Phi) is 12.3. The van der Waals surface area contributed by atoms with Crippen molar-refractivity contribution in [2.45, 2.75) is 66.8 Å². The van der Waals surface area contributed by atoms with Gasteiger partial charge in [0.15, 0.2) is 0 Å². The zero-order valence-electron chi connectivity index (χ0n) is 28.7. The second-order valence-electron chi connectivity index (χ2n) is 12.3. The summed E-state index contributed by atoms with van der Waals surface area (Å²) < 4.78 is 17.3. The number of rotatable bonds is 13. The minimum atomic E-state index is -0.0621. The lowest BCUT2D eigenvalue weighted by Gasteiger charge is -2.46. The Morgan fingerprint density at radius 2 is 1.73 bits per heavy atom. The lowest BCUT2D eigenvalue weighted by atomic mass is 9.96. The molecule has 2 aliphatic heterocycles. The van der Waals surface area contributed by atoms with Crippen LogP contribution in [0.3, 0.4) is 0 Å². The topological polar surface area (TPSA) is 54.5 Å². The van der Waals surface area contributed by atoms with Gasteiger partial charge in [-0.25, -0.2) is 0 Å². The molecule has 0 N–H and O–H groups in total. The molecular weight excluding hydrogens is 562 g/mol. The van der Waals surface area contributed by atoms with E-state index in [1.165, 1.54) is 16.7 Å². The highest BCUT2D eigenvalue weighted by Gasteiger charge is 2.38. The smallest absolute Gasteiger partial charge is 0.261 e. The third kappa shape index (κ3) is 8.19. The van der Waals surface area contributed by atoms with Gasteiger partial charge in [-0.1, -0.05) is 64.0 Å². The molecule has 2 aromatic rings. The van der Waals surface area contributed by atoms with Crippen LogP contribution in [0.15, 0.2) is 60.3 Å². The summed E-state index contributed by atoms with van der Waals surface area (Å²) in [6, 6.07) is 11.0. The molecule has 0 radical (unpaired) electrons. The molecule has 0 aromatic heterocycles. The molecule has 2 aromatic carbocycles. The molecule has 2 saturated heterocycles. The number of morpholine rings is 1. The van der Waals surface area contributed by atoms with Crippen LogP contribution >= 0.6 is 0 Å². The number of nitrogens with zero attached hydrogens (tertiary/aromatic N) is 3. The number of amides is 1. The molecule has 0 aliphatic carbocycles. The van der Waals surface area contributed by atoms with E-state index in [1.54, 1.807) is 14.2 Å². The van der Waals surface area contributed by atoms with E-state index in [2.05, 4.69) is 94.0 Å². The number of likely N-dealkylation sites (tertiary alicyclic amines) is 1. The Morgan fingerprint density at radius 1 is 1.07 bits per heavy atom. The van der Waals surface area contributed by atoms with E-state index in [1.807, 2.05) is 17.0 Å². The first-order valence-electron chi connectivity index (χ1n) is 16.6. The van der Waals surface area contributed by atoms with Gasteiger partial charge in [-0.05, 0) is 61.4 Å². The van der Waals surface area contributed by atoms with Gasteiger partial charge in [-0.15, -0.1) is 0 Å². The second-order valence-corrected chi connectivity index (χ2v) is 12.3. The SMILES string of the molecule is CC/C=C/C(=C\C(C)CC)c1ccc(N(/C=C(/C)CC)c2cc(OC)c(C(=O)N3CC(N4CCOCC4)C3)c(OC)c2)c(C)c1. The van der Waals surface area contributed by atoms with E-state index in [0.29, 0.717) is 42.1 Å². The van der Waals surface area contributed by atoms with Crippen LogP contribution in [0.4, 0.5) is 11.4 Å². The number of hydrogen-bond acceptors (Lipinski definition) is 6. The summed E-state index contributed by atoms with van der Waals surface area (Å²) in [6.45, 7) is 17.9. The average molecular weight is 616 g/mol. The van der Waals surface area contributed by atoms with Crippen LogP contribution in [-0.4, -0.2) is 75.4 Å². The summed E-state index contributed by atoms with van der Waals surface area (Å²) in [7, 11) is 3.24. The van der Waals surface area contributed by atoms with Crippen molar-refractivity contribution >= 4 is 22.9 Å². The molecule has 0 saturated carbocycles. The fraction of sp³-hybridized carbons (Fsp3) is 0.500. The molecule has 7 nitrogen and oxygen atoms in total. The monoisotopic (exact) mass is 615 g/mol. The number of methoxy groups -OCH3 is 2. The van der Waals surface area contributed by atoms with Gasteiger partial charge in [0.1, 0.15) is 17.1 Å². The largest absolute Gasteiger partial charge is 0.496 e. The Labute approximate surface area is 271 Å². The van der Waals surface area contributed by atoms with Crippen LogP contribution in [0, 0.1) is 12.8 Å². The zero-order chi connectivity index (χ0) is 32.5. The van der Waals surface area contributed by atoms with Crippen LogP contribution in [0.25, 0.3) is 5.57 Å². The van der Waals surface area contributed by atoms with E-state index in [4.69, 9.17) is 14.2 Å². The van der Waals surface area contributed by atoms with Gasteiger partial charge in [0.2, 0.25) is 0 Å². The molecule has 0 spiro atoms. The van der Waals surface area contributed by atoms with Crippen LogP contribution in [0.1, 0.15) is 75.4 Å². The molecule has 1 unspecified atom stereocenters. The summed E-state index contributed by atoms with van der Waals surface area (Å²) in [6.07, 6.45) is 12.0. The van der Waals surface area contributed by atoms with Gasteiger partial charge in [0, 0.05) is 56.2 Å². The van der Waals surface area contributed by atoms with Gasteiger partial charge in [0.25, 0.3) is 5.91 Å². The summed E-state index contributed by atoms with van der Waals surface area (Å²) >= 11 is 0. The predicted octanol–water partition coefficient (Wildman–Crippen LogP) is 8.02. The van der Waals surface area contributed by atoms with Crippen LogP contribution in [0.5, 0.6) is 11.5 Å². The lowest BCUT2D eigenvalue weighted by molar-refractivity contribution is -0.0257. The maximum atomic E-state index is 13.8. The third-order valence-electron chi connectivity index (χ3n) is 9.03. The first-order valence-corrected chi connectivity index (χ1v) is 16.6. The van der Waals surface area contributed by atoms with Crippen molar-refractivity contribution in [3.63, 3.8) is 0 Å². The quantitative estimate of drug-likeness (QED) is 0.213. The van der Waals surface area contributed by atoms with E-state index >= 15 is 0 Å². The molecule has 1 amide bonds. The molecule has 2 fully saturated rings. The maximum absolute atomic E-state index is 13.8. The normalized spacial score (nSPS) is 17.4. The maximum Gasteiger partial charge on any atom is 0.261 e. The molecule has 45 heavy (non-hydrogen) atoms. The van der Waals surface area contributed by atoms with Crippen molar-refractivity contribution in [3.05, 3.63) is 77.0 Å². The average Bonchev–Trinajstić information content (AvgIpc) is 3.04. The number of hydrogen-bond donors (Lipinski definition) is 0. The number of ether oxygens (including phenoxy) is 3. The van der Waals surface area contributed by atoms with E-state index in [-0.39, 0.29) is 5.91 Å². The van der Waals surface area contributed by atoms with Gasteiger partial charge in [-0.2, -0.15) is 0 Å². The van der Waals surface area contributed by atoms with Crippen molar-refractivity contribution in [2.75, 3.05) is 58.5 Å². The number of allylic oxidation sites excluding steroid dienone is 5. The first-order chi connectivity index (χ1) is 21.7. The van der Waals surface area contributed by atoms with Crippen LogP contribution in [-0.2, 0) is 4.74 Å². The van der Waals surface area contributed by atoms with Crippen molar-refractivity contribution in [1.29, 1.82) is 0 Å². The number of carbonyl (C=O) groups is 1. The molecule has 0 bridgehead atoms. The zero-order valence-corrected chi connectivity index (χ0v) is 28.7. The highest BCUT2D eigenvalue weighted by Crippen LogP contribution is 2.40. The van der Waals surface area contributed by atoms with Crippen molar-refractivity contribution in [3.8, 4) is 11.5 Å². The first kappa shape index (κ1) is 34.3. The van der Waals surface area contributed by atoms with Crippen molar-refractivity contribution < 1.29 is 19.0 Å². The highest BCUT2D eigenvalue weighted by atomic mass is 16.5. The Bertz CT molecular complexity index is 1370. The fourth-order valence-electron chi connectivity index (χ4n) is 5.82. The molecule has 244 valence electrons. The summed E-state index contributed by atoms with van der Waals surface area (Å²) in [5.74, 6) is 1.45.